The second-order valence-electron chi connectivity index (χ2n) is 5.45. The fourth-order valence-corrected chi connectivity index (χ4v) is 3.01. The lowest BCUT2D eigenvalue weighted by Crippen LogP contribution is -2.28. The van der Waals surface area contributed by atoms with Gasteiger partial charge in [-0.15, -0.1) is 0 Å². The van der Waals surface area contributed by atoms with Crippen LogP contribution in [0.2, 0.25) is 0 Å². The van der Waals surface area contributed by atoms with Crippen LogP contribution in [0.1, 0.15) is 28.4 Å². The van der Waals surface area contributed by atoms with Crippen molar-refractivity contribution in [3.8, 4) is 0 Å². The number of hydrogen-bond acceptors (Lipinski definition) is 2. The number of nitrogens with zero attached hydrogens (tertiary/aromatic N) is 1. The molecule has 0 spiro atoms. The van der Waals surface area contributed by atoms with E-state index in [1.165, 1.54) is 24.1 Å². The predicted octanol–water partition coefficient (Wildman–Crippen LogP) is 3.63. The number of fused-ring (bicyclic) bond motifs is 1. The molecule has 21 heavy (non-hydrogen) atoms. The number of Topliss-reactive ketones (excluding diaryl/α,β-unsaturated/α-hetero) is 1. The van der Waals surface area contributed by atoms with Crippen LogP contribution < -0.4 is 4.90 Å². The highest BCUT2D eigenvalue weighted by Gasteiger charge is 2.21. The Hall–Kier alpha value is -2.16. The first-order valence-corrected chi connectivity index (χ1v) is 7.28. The van der Waals surface area contributed by atoms with E-state index < -0.39 is 0 Å². The van der Waals surface area contributed by atoms with Crippen molar-refractivity contribution in [2.24, 2.45) is 0 Å². The first-order chi connectivity index (χ1) is 10.2. The average molecular weight is 283 g/mol. The van der Waals surface area contributed by atoms with Gasteiger partial charge in [0, 0.05) is 18.7 Å². The summed E-state index contributed by atoms with van der Waals surface area (Å²) in [5, 5.41) is 0. The number of anilines is 1. The molecule has 0 fully saturated rings. The highest BCUT2D eigenvalue weighted by Crippen LogP contribution is 2.27. The van der Waals surface area contributed by atoms with Gasteiger partial charge in [-0.3, -0.25) is 4.79 Å². The largest absolute Gasteiger partial charge is 0.368 e. The van der Waals surface area contributed by atoms with Crippen LogP contribution in [0.3, 0.4) is 0 Å². The van der Waals surface area contributed by atoms with Crippen molar-refractivity contribution in [3.63, 3.8) is 0 Å². The quantitative estimate of drug-likeness (QED) is 0.784. The minimum atomic E-state index is -0.311. The standard InChI is InChI=1S/C18H18FNO/c1-13(21)16-7-4-8-17(19)18(16)20-11-9-14-5-2-3-6-15(14)10-12-20/h2-8H,9-12H2,1H3. The van der Waals surface area contributed by atoms with E-state index in [0.29, 0.717) is 11.3 Å². The van der Waals surface area contributed by atoms with Crippen LogP contribution in [0.15, 0.2) is 42.5 Å². The Kier molecular flexibility index (Phi) is 3.74. The summed E-state index contributed by atoms with van der Waals surface area (Å²) in [4.78, 5) is 13.8. The minimum Gasteiger partial charge on any atom is -0.368 e. The topological polar surface area (TPSA) is 20.3 Å². The Bertz CT molecular complexity index is 654. The first kappa shape index (κ1) is 13.8. The summed E-state index contributed by atoms with van der Waals surface area (Å²) in [6.45, 7) is 2.96. The first-order valence-electron chi connectivity index (χ1n) is 7.28. The van der Waals surface area contributed by atoms with Crippen LogP contribution in [-0.2, 0) is 12.8 Å². The molecule has 0 saturated carbocycles. The maximum atomic E-state index is 14.3. The van der Waals surface area contributed by atoms with E-state index in [4.69, 9.17) is 0 Å². The zero-order valence-electron chi connectivity index (χ0n) is 12.1. The van der Waals surface area contributed by atoms with E-state index in [1.807, 2.05) is 17.0 Å². The number of hydrogen-bond donors (Lipinski definition) is 0. The molecule has 1 aliphatic heterocycles. The normalized spacial score (nSPS) is 14.5. The molecule has 0 unspecified atom stereocenters. The zero-order valence-corrected chi connectivity index (χ0v) is 12.1. The number of para-hydroxylation sites is 1. The lowest BCUT2D eigenvalue weighted by atomic mass is 10.0. The molecule has 2 aromatic rings. The highest BCUT2D eigenvalue weighted by molar-refractivity contribution is 5.99. The van der Waals surface area contributed by atoms with Crippen LogP contribution in [0.25, 0.3) is 0 Å². The Morgan fingerprint density at radius 3 is 2.19 bits per heavy atom. The van der Waals surface area contributed by atoms with E-state index in [-0.39, 0.29) is 11.6 Å². The molecule has 0 aliphatic carbocycles. The molecule has 0 saturated heterocycles. The van der Waals surface area contributed by atoms with Gasteiger partial charge in [0.05, 0.1) is 5.69 Å². The van der Waals surface area contributed by atoms with Gasteiger partial charge in [-0.1, -0.05) is 30.3 Å². The van der Waals surface area contributed by atoms with Gasteiger partial charge < -0.3 is 4.90 Å². The van der Waals surface area contributed by atoms with E-state index in [1.54, 1.807) is 12.1 Å². The maximum Gasteiger partial charge on any atom is 0.161 e. The Labute approximate surface area is 124 Å². The average Bonchev–Trinajstić information content (AvgIpc) is 2.69. The van der Waals surface area contributed by atoms with Crippen LogP contribution >= 0.6 is 0 Å². The van der Waals surface area contributed by atoms with Gasteiger partial charge in [0.25, 0.3) is 0 Å². The van der Waals surface area contributed by atoms with Crippen molar-refractivity contribution in [1.82, 2.24) is 0 Å². The molecule has 0 radical (unpaired) electrons. The molecule has 3 heteroatoms. The lowest BCUT2D eigenvalue weighted by molar-refractivity contribution is 0.101. The van der Waals surface area contributed by atoms with Crippen molar-refractivity contribution in [2.45, 2.75) is 19.8 Å². The zero-order chi connectivity index (χ0) is 14.8. The summed E-state index contributed by atoms with van der Waals surface area (Å²) in [7, 11) is 0. The summed E-state index contributed by atoms with van der Waals surface area (Å²) >= 11 is 0. The summed E-state index contributed by atoms with van der Waals surface area (Å²) in [5.74, 6) is -0.403. The van der Waals surface area contributed by atoms with Crippen molar-refractivity contribution < 1.29 is 9.18 Å². The van der Waals surface area contributed by atoms with Gasteiger partial charge >= 0.3 is 0 Å². The Balaban J connectivity index is 1.95. The summed E-state index contributed by atoms with van der Waals surface area (Å²) in [5.41, 5.74) is 3.57. The van der Waals surface area contributed by atoms with Gasteiger partial charge in [0.2, 0.25) is 0 Å². The Morgan fingerprint density at radius 1 is 1.00 bits per heavy atom. The second-order valence-corrected chi connectivity index (χ2v) is 5.45. The van der Waals surface area contributed by atoms with E-state index in [9.17, 15) is 9.18 Å². The summed E-state index contributed by atoms with van der Waals surface area (Å²) < 4.78 is 14.3. The van der Waals surface area contributed by atoms with Crippen molar-refractivity contribution in [2.75, 3.05) is 18.0 Å². The number of halogens is 1. The van der Waals surface area contributed by atoms with E-state index in [2.05, 4.69) is 12.1 Å². The van der Waals surface area contributed by atoms with Gasteiger partial charge in [-0.05, 0) is 43.0 Å². The third kappa shape index (κ3) is 2.68. The molecule has 1 heterocycles. The third-order valence-electron chi connectivity index (χ3n) is 4.10. The van der Waals surface area contributed by atoms with Crippen molar-refractivity contribution in [1.29, 1.82) is 0 Å². The summed E-state index contributed by atoms with van der Waals surface area (Å²) in [6, 6.07) is 13.1. The molecule has 0 aromatic heterocycles. The third-order valence-corrected chi connectivity index (χ3v) is 4.10. The van der Waals surface area contributed by atoms with Crippen molar-refractivity contribution in [3.05, 3.63) is 65.0 Å². The van der Waals surface area contributed by atoms with Gasteiger partial charge in [-0.2, -0.15) is 0 Å². The fourth-order valence-electron chi connectivity index (χ4n) is 3.01. The molecule has 2 nitrogen and oxygen atoms in total. The van der Waals surface area contributed by atoms with Crippen LogP contribution in [-0.4, -0.2) is 18.9 Å². The van der Waals surface area contributed by atoms with E-state index >= 15 is 0 Å². The van der Waals surface area contributed by atoms with E-state index in [0.717, 1.165) is 25.9 Å². The monoisotopic (exact) mass is 283 g/mol. The van der Waals surface area contributed by atoms with Crippen LogP contribution in [0, 0.1) is 5.82 Å². The molecule has 0 amide bonds. The molecule has 3 rings (SSSR count). The van der Waals surface area contributed by atoms with Gasteiger partial charge in [-0.25, -0.2) is 4.39 Å². The SMILES string of the molecule is CC(=O)c1cccc(F)c1N1CCc2ccccc2CC1. The minimum absolute atomic E-state index is 0.0914. The van der Waals surface area contributed by atoms with Crippen LogP contribution in [0.5, 0.6) is 0 Å². The molecule has 0 bridgehead atoms. The maximum absolute atomic E-state index is 14.3. The molecular weight excluding hydrogens is 265 g/mol. The molecular formula is C18H18FNO. The summed E-state index contributed by atoms with van der Waals surface area (Å²) in [6.07, 6.45) is 1.75. The fraction of sp³-hybridized carbons (Fsp3) is 0.278. The number of carbonyl (C=O) groups excluding carboxylic acids is 1. The second kappa shape index (κ2) is 5.68. The lowest BCUT2D eigenvalue weighted by Gasteiger charge is -2.25. The van der Waals surface area contributed by atoms with Gasteiger partial charge in [0.15, 0.2) is 5.78 Å². The van der Waals surface area contributed by atoms with Gasteiger partial charge in [0.1, 0.15) is 5.82 Å². The Morgan fingerprint density at radius 2 is 1.62 bits per heavy atom. The number of benzene rings is 2. The molecule has 2 aromatic carbocycles. The van der Waals surface area contributed by atoms with Crippen molar-refractivity contribution >= 4 is 11.5 Å². The van der Waals surface area contributed by atoms with Crippen LogP contribution in [0.4, 0.5) is 10.1 Å². The molecule has 108 valence electrons. The smallest absolute Gasteiger partial charge is 0.161 e. The molecule has 0 N–H and O–H groups in total. The molecule has 1 aliphatic rings. The predicted molar refractivity (Wildman–Crippen MR) is 82.5 cm³/mol. The number of ketones is 1. The highest BCUT2D eigenvalue weighted by atomic mass is 19.1. The number of carbonyl (C=O) groups is 1. The number of rotatable bonds is 2. The molecule has 0 atom stereocenters.